The van der Waals surface area contributed by atoms with Gasteiger partial charge in [-0.2, -0.15) is 10.4 Å². The van der Waals surface area contributed by atoms with Crippen LogP contribution in [0.5, 0.6) is 0 Å². The molecule has 0 spiro atoms. The summed E-state index contributed by atoms with van der Waals surface area (Å²) in [4.78, 5) is 12.6. The van der Waals surface area contributed by atoms with Crippen molar-refractivity contribution < 1.29 is 9.90 Å². The lowest BCUT2D eigenvalue weighted by molar-refractivity contribution is -0.135. The van der Waals surface area contributed by atoms with Gasteiger partial charge in [0.25, 0.3) is 5.91 Å². The Morgan fingerprint density at radius 2 is 2.21 bits per heavy atom. The van der Waals surface area contributed by atoms with Crippen molar-refractivity contribution in [3.05, 3.63) is 47.2 Å². The molecule has 2 aromatic rings. The highest BCUT2D eigenvalue weighted by atomic mass is 16.3. The lowest BCUT2D eigenvalue weighted by Gasteiger charge is -2.31. The number of carbonyl (C=O) groups is 1. The van der Waals surface area contributed by atoms with Gasteiger partial charge in [0, 0.05) is 18.2 Å². The van der Waals surface area contributed by atoms with Gasteiger partial charge in [-0.25, -0.2) is 0 Å². The maximum Gasteiger partial charge on any atom is 0.257 e. The first-order chi connectivity index (χ1) is 11.5. The number of carbonyl (C=O) groups excluding carboxylic acids is 1. The van der Waals surface area contributed by atoms with Crippen LogP contribution in [0.3, 0.4) is 0 Å². The average Bonchev–Trinajstić information content (AvgIpc) is 2.92. The molecular formula is C18H20N4O2. The van der Waals surface area contributed by atoms with Gasteiger partial charge in [-0.05, 0) is 30.9 Å². The fraction of sp³-hybridized carbons (Fsp3) is 0.389. The number of aliphatic hydroxyl groups is 1. The predicted octanol–water partition coefficient (Wildman–Crippen LogP) is 1.96. The average molecular weight is 324 g/mol. The number of hydrogen-bond donors (Lipinski definition) is 2. The van der Waals surface area contributed by atoms with Crippen molar-refractivity contribution >= 4 is 11.7 Å². The van der Waals surface area contributed by atoms with E-state index in [-0.39, 0.29) is 0 Å². The van der Waals surface area contributed by atoms with Crippen molar-refractivity contribution in [3.63, 3.8) is 0 Å². The minimum absolute atomic E-state index is 0.309. The van der Waals surface area contributed by atoms with Gasteiger partial charge in [-0.1, -0.05) is 24.3 Å². The molecule has 1 aliphatic carbocycles. The third-order valence-electron chi connectivity index (χ3n) is 4.49. The first-order valence-electron chi connectivity index (χ1n) is 8.04. The molecule has 6 heteroatoms. The second-order valence-corrected chi connectivity index (χ2v) is 6.23. The Kier molecular flexibility index (Phi) is 4.36. The van der Waals surface area contributed by atoms with Crippen molar-refractivity contribution in [2.24, 2.45) is 0 Å². The lowest BCUT2D eigenvalue weighted by Crippen LogP contribution is -2.47. The Morgan fingerprint density at radius 1 is 1.46 bits per heavy atom. The van der Waals surface area contributed by atoms with Gasteiger partial charge in [0.05, 0.1) is 19.0 Å². The minimum atomic E-state index is -1.42. The van der Waals surface area contributed by atoms with E-state index in [1.807, 2.05) is 31.2 Å². The topological polar surface area (TPSA) is 90.9 Å². The smallest absolute Gasteiger partial charge is 0.257 e. The van der Waals surface area contributed by atoms with Gasteiger partial charge >= 0.3 is 0 Å². The van der Waals surface area contributed by atoms with E-state index in [0.717, 1.165) is 11.3 Å². The molecule has 1 unspecified atom stereocenters. The van der Waals surface area contributed by atoms with Crippen LogP contribution < -0.4 is 5.32 Å². The molecular weight excluding hydrogens is 304 g/mol. The molecule has 0 fully saturated rings. The van der Waals surface area contributed by atoms with Gasteiger partial charge in [0.1, 0.15) is 5.60 Å². The number of aromatic nitrogens is 2. The van der Waals surface area contributed by atoms with E-state index >= 15 is 0 Å². The van der Waals surface area contributed by atoms with Crippen LogP contribution in [0.25, 0.3) is 0 Å². The monoisotopic (exact) mass is 324 g/mol. The number of fused-ring (bicyclic) bond motifs is 1. The number of anilines is 1. The molecule has 0 radical (unpaired) electrons. The Balaban J connectivity index is 1.72. The van der Waals surface area contributed by atoms with Crippen LogP contribution in [0.2, 0.25) is 0 Å². The maximum atomic E-state index is 12.6. The molecule has 0 saturated carbocycles. The number of hydrogen-bond acceptors (Lipinski definition) is 4. The van der Waals surface area contributed by atoms with E-state index in [1.54, 1.807) is 10.7 Å². The van der Waals surface area contributed by atoms with E-state index in [9.17, 15) is 9.90 Å². The SMILES string of the molecule is Cc1cc(NC(=O)C2(O)CCc3ccccc3C2)nn1CCC#N. The van der Waals surface area contributed by atoms with E-state index in [1.165, 1.54) is 5.56 Å². The van der Waals surface area contributed by atoms with E-state index < -0.39 is 11.5 Å². The normalized spacial score (nSPS) is 19.4. The predicted molar refractivity (Wildman–Crippen MR) is 89.2 cm³/mol. The number of amides is 1. The van der Waals surface area contributed by atoms with Crippen LogP contribution in [0.4, 0.5) is 5.82 Å². The molecule has 1 aliphatic rings. The fourth-order valence-corrected chi connectivity index (χ4v) is 3.10. The van der Waals surface area contributed by atoms with Crippen molar-refractivity contribution in [3.8, 4) is 6.07 Å². The summed E-state index contributed by atoms with van der Waals surface area (Å²) < 4.78 is 1.68. The molecule has 0 aliphatic heterocycles. The standard InChI is InChI=1S/C18H20N4O2/c1-13-11-16(21-22(13)10-4-9-19)20-17(23)18(24)8-7-14-5-2-3-6-15(14)12-18/h2-3,5-6,11,24H,4,7-8,10,12H2,1H3,(H,20,21,23). The molecule has 1 aromatic heterocycles. The number of nitriles is 1. The van der Waals surface area contributed by atoms with Crippen LogP contribution in [-0.2, 0) is 24.2 Å². The molecule has 1 heterocycles. The van der Waals surface area contributed by atoms with Crippen LogP contribution in [0, 0.1) is 18.3 Å². The summed E-state index contributed by atoms with van der Waals surface area (Å²) in [5.74, 6) is -0.0235. The Labute approximate surface area is 140 Å². The van der Waals surface area contributed by atoms with Gasteiger partial charge < -0.3 is 10.4 Å². The Bertz CT molecular complexity index is 806. The molecule has 1 aromatic carbocycles. The molecule has 6 nitrogen and oxygen atoms in total. The second kappa shape index (κ2) is 6.46. The lowest BCUT2D eigenvalue weighted by atomic mass is 9.80. The quantitative estimate of drug-likeness (QED) is 0.899. The minimum Gasteiger partial charge on any atom is -0.380 e. The third-order valence-corrected chi connectivity index (χ3v) is 4.49. The zero-order valence-electron chi connectivity index (χ0n) is 13.6. The summed E-state index contributed by atoms with van der Waals surface area (Å²) in [6, 6.07) is 11.7. The number of rotatable bonds is 4. The summed E-state index contributed by atoms with van der Waals surface area (Å²) in [6.45, 7) is 2.35. The summed E-state index contributed by atoms with van der Waals surface area (Å²) in [5.41, 5.74) is 1.64. The van der Waals surface area contributed by atoms with Crippen LogP contribution >= 0.6 is 0 Å². The summed E-state index contributed by atoms with van der Waals surface area (Å²) >= 11 is 0. The third kappa shape index (κ3) is 3.17. The maximum absolute atomic E-state index is 12.6. The number of benzene rings is 1. The molecule has 0 saturated heterocycles. The highest BCUT2D eigenvalue weighted by molar-refractivity contribution is 5.96. The molecule has 24 heavy (non-hydrogen) atoms. The first-order valence-corrected chi connectivity index (χ1v) is 8.04. The highest BCUT2D eigenvalue weighted by Gasteiger charge is 2.39. The van der Waals surface area contributed by atoms with Gasteiger partial charge in [-0.3, -0.25) is 9.48 Å². The number of nitrogens with zero attached hydrogens (tertiary/aromatic N) is 3. The summed E-state index contributed by atoms with van der Waals surface area (Å²) in [6.07, 6.45) is 1.74. The molecule has 1 atom stereocenters. The van der Waals surface area contributed by atoms with Crippen LogP contribution in [0.15, 0.2) is 30.3 Å². The largest absolute Gasteiger partial charge is 0.380 e. The van der Waals surface area contributed by atoms with E-state index in [2.05, 4.69) is 16.5 Å². The summed E-state index contributed by atoms with van der Waals surface area (Å²) in [5, 5.41) is 26.4. The number of aryl methyl sites for hydroxylation is 3. The van der Waals surface area contributed by atoms with Crippen molar-refractivity contribution in [1.29, 1.82) is 5.26 Å². The fourth-order valence-electron chi connectivity index (χ4n) is 3.10. The van der Waals surface area contributed by atoms with E-state index in [0.29, 0.717) is 38.0 Å². The molecule has 124 valence electrons. The number of nitrogens with one attached hydrogen (secondary N) is 1. The Morgan fingerprint density at radius 3 is 2.96 bits per heavy atom. The highest BCUT2D eigenvalue weighted by Crippen LogP contribution is 2.29. The van der Waals surface area contributed by atoms with Crippen LogP contribution in [-0.4, -0.2) is 26.4 Å². The van der Waals surface area contributed by atoms with Gasteiger partial charge in [0.15, 0.2) is 5.82 Å². The van der Waals surface area contributed by atoms with Gasteiger partial charge in [-0.15, -0.1) is 0 Å². The van der Waals surface area contributed by atoms with Crippen molar-refractivity contribution in [2.45, 2.75) is 44.8 Å². The zero-order chi connectivity index (χ0) is 17.2. The molecule has 1 amide bonds. The molecule has 3 rings (SSSR count). The van der Waals surface area contributed by atoms with Gasteiger partial charge in [0.2, 0.25) is 0 Å². The summed E-state index contributed by atoms with van der Waals surface area (Å²) in [7, 11) is 0. The molecule has 0 bridgehead atoms. The van der Waals surface area contributed by atoms with Crippen molar-refractivity contribution in [1.82, 2.24) is 9.78 Å². The van der Waals surface area contributed by atoms with E-state index in [4.69, 9.17) is 5.26 Å². The van der Waals surface area contributed by atoms with Crippen molar-refractivity contribution in [2.75, 3.05) is 5.32 Å². The second-order valence-electron chi connectivity index (χ2n) is 6.23. The zero-order valence-corrected chi connectivity index (χ0v) is 13.6. The molecule has 2 N–H and O–H groups in total. The first kappa shape index (κ1) is 16.2. The Hall–Kier alpha value is -2.65. The van der Waals surface area contributed by atoms with Crippen LogP contribution in [0.1, 0.15) is 29.7 Å².